The number of nitrogens with one attached hydrogen (secondary N) is 1. The van der Waals surface area contributed by atoms with Crippen molar-refractivity contribution in [2.45, 2.75) is 0 Å². The molecule has 0 radical (unpaired) electrons. The van der Waals surface area contributed by atoms with Gasteiger partial charge in [0.05, 0.1) is 11.0 Å². The zero-order chi connectivity index (χ0) is 16.2. The minimum Gasteiger partial charge on any atom is -0.268 e. The van der Waals surface area contributed by atoms with Gasteiger partial charge in [0.2, 0.25) is 0 Å². The van der Waals surface area contributed by atoms with Crippen LogP contribution in [0.2, 0.25) is 5.02 Å². The maximum atomic E-state index is 13.6. The van der Waals surface area contributed by atoms with E-state index in [9.17, 15) is 17.6 Å². The first-order chi connectivity index (χ1) is 10.4. The lowest BCUT2D eigenvalue weighted by Gasteiger charge is -2.04. The van der Waals surface area contributed by atoms with Gasteiger partial charge in [-0.25, -0.2) is 17.5 Å². The molecule has 22 heavy (non-hydrogen) atoms. The third-order valence-electron chi connectivity index (χ3n) is 2.65. The number of hydrogen-bond donors (Lipinski definition) is 1. The van der Waals surface area contributed by atoms with Gasteiger partial charge in [0, 0.05) is 5.02 Å². The lowest BCUT2D eigenvalue weighted by atomic mass is 10.2. The molecule has 0 unspecified atom stereocenters. The summed E-state index contributed by atoms with van der Waals surface area (Å²) in [5, 5.41) is 0.953. The van der Waals surface area contributed by atoms with Crippen molar-refractivity contribution in [3.63, 3.8) is 0 Å². The van der Waals surface area contributed by atoms with Crippen LogP contribution in [0.4, 0.5) is 4.39 Å². The van der Waals surface area contributed by atoms with Crippen LogP contribution in [-0.2, 0) is 10.0 Å². The second-order valence-electron chi connectivity index (χ2n) is 4.31. The van der Waals surface area contributed by atoms with Gasteiger partial charge < -0.3 is 0 Å². The Hall–Kier alpha value is -2.18. The van der Waals surface area contributed by atoms with E-state index in [0.29, 0.717) is 5.56 Å². The molecule has 1 amide bonds. The van der Waals surface area contributed by atoms with E-state index in [-0.39, 0.29) is 5.02 Å². The van der Waals surface area contributed by atoms with Crippen molar-refractivity contribution in [1.29, 1.82) is 0 Å². The van der Waals surface area contributed by atoms with Crippen LogP contribution >= 0.6 is 11.6 Å². The molecule has 114 valence electrons. The molecule has 0 aliphatic carbocycles. The van der Waals surface area contributed by atoms with Gasteiger partial charge >= 0.3 is 0 Å². The van der Waals surface area contributed by atoms with E-state index in [0.717, 1.165) is 17.5 Å². The van der Waals surface area contributed by atoms with Crippen LogP contribution in [0.1, 0.15) is 15.9 Å². The van der Waals surface area contributed by atoms with Gasteiger partial charge in [0.15, 0.2) is 0 Å². The van der Waals surface area contributed by atoms with E-state index >= 15 is 0 Å². The zero-order valence-electron chi connectivity index (χ0n) is 11.2. The molecule has 0 aliphatic rings. The number of amides is 1. The van der Waals surface area contributed by atoms with Crippen molar-refractivity contribution in [3.05, 3.63) is 75.9 Å². The van der Waals surface area contributed by atoms with Crippen molar-refractivity contribution in [2.75, 3.05) is 0 Å². The first-order valence-corrected chi connectivity index (χ1v) is 8.05. The third-order valence-corrected chi connectivity index (χ3v) is 3.85. The standard InChI is InChI=1S/C15H11ClFNO3S/c16-12-6-7-13(14(17)10-12)15(19)18-22(20,21)9-8-11-4-2-1-3-5-11/h1-10H,(H,18,19)/b9-8+. The molecule has 0 aliphatic heterocycles. The Balaban J connectivity index is 2.14. The van der Waals surface area contributed by atoms with Crippen LogP contribution in [0.25, 0.3) is 6.08 Å². The molecule has 7 heteroatoms. The number of benzene rings is 2. The Morgan fingerprint density at radius 1 is 1.14 bits per heavy atom. The van der Waals surface area contributed by atoms with E-state index in [1.54, 1.807) is 35.1 Å². The number of carbonyl (C=O) groups is 1. The van der Waals surface area contributed by atoms with Gasteiger partial charge in [0.25, 0.3) is 15.9 Å². The molecule has 1 N–H and O–H groups in total. The van der Waals surface area contributed by atoms with Crippen molar-refractivity contribution < 1.29 is 17.6 Å². The first-order valence-electron chi connectivity index (χ1n) is 6.13. The van der Waals surface area contributed by atoms with Crippen LogP contribution in [0.15, 0.2) is 53.9 Å². The van der Waals surface area contributed by atoms with E-state index in [4.69, 9.17) is 11.6 Å². The van der Waals surface area contributed by atoms with Crippen LogP contribution in [-0.4, -0.2) is 14.3 Å². The fourth-order valence-electron chi connectivity index (χ4n) is 1.62. The Morgan fingerprint density at radius 2 is 1.82 bits per heavy atom. The second kappa shape index (κ2) is 6.72. The number of halogens is 2. The molecule has 0 fully saturated rings. The van der Waals surface area contributed by atoms with Crippen LogP contribution in [0, 0.1) is 5.82 Å². The van der Waals surface area contributed by atoms with Gasteiger partial charge in [-0.2, -0.15) is 0 Å². The van der Waals surface area contributed by atoms with Crippen LogP contribution in [0.5, 0.6) is 0 Å². The maximum absolute atomic E-state index is 13.6. The van der Waals surface area contributed by atoms with E-state index < -0.39 is 27.3 Å². The predicted octanol–water partition coefficient (Wildman–Crippen LogP) is 3.21. The quantitative estimate of drug-likeness (QED) is 0.930. The lowest BCUT2D eigenvalue weighted by molar-refractivity contribution is 0.0978. The Labute approximate surface area is 132 Å². The molecular weight excluding hydrogens is 329 g/mol. The van der Waals surface area contributed by atoms with Gasteiger partial charge in [-0.15, -0.1) is 0 Å². The smallest absolute Gasteiger partial charge is 0.267 e. The van der Waals surface area contributed by atoms with Crippen LogP contribution in [0.3, 0.4) is 0 Å². The van der Waals surface area contributed by atoms with Gasteiger partial charge in [-0.05, 0) is 29.8 Å². The highest BCUT2D eigenvalue weighted by molar-refractivity contribution is 7.93. The van der Waals surface area contributed by atoms with Crippen molar-refractivity contribution in [2.24, 2.45) is 0 Å². The average Bonchev–Trinajstić information content (AvgIpc) is 2.45. The molecule has 4 nitrogen and oxygen atoms in total. The normalized spacial score (nSPS) is 11.5. The molecule has 2 aromatic rings. The highest BCUT2D eigenvalue weighted by Gasteiger charge is 2.17. The highest BCUT2D eigenvalue weighted by atomic mass is 35.5. The summed E-state index contributed by atoms with van der Waals surface area (Å²) in [5.41, 5.74) is 0.249. The number of carbonyl (C=O) groups excluding carboxylic acids is 1. The summed E-state index contributed by atoms with van der Waals surface area (Å²) < 4.78 is 38.9. The van der Waals surface area contributed by atoms with E-state index in [1.165, 1.54) is 12.1 Å². The summed E-state index contributed by atoms with van der Waals surface area (Å²) in [4.78, 5) is 11.8. The summed E-state index contributed by atoms with van der Waals surface area (Å²) >= 11 is 5.57. The highest BCUT2D eigenvalue weighted by Crippen LogP contribution is 2.15. The maximum Gasteiger partial charge on any atom is 0.267 e. The summed E-state index contributed by atoms with van der Waals surface area (Å²) in [6, 6.07) is 12.0. The summed E-state index contributed by atoms with van der Waals surface area (Å²) in [5.74, 6) is -1.96. The summed E-state index contributed by atoms with van der Waals surface area (Å²) in [7, 11) is -4.03. The van der Waals surface area contributed by atoms with Gasteiger partial charge in [-0.3, -0.25) is 4.79 Å². The molecule has 0 spiro atoms. The third kappa shape index (κ3) is 4.41. The number of hydrogen-bond acceptors (Lipinski definition) is 3. The van der Waals surface area contributed by atoms with Gasteiger partial charge in [-0.1, -0.05) is 41.9 Å². The van der Waals surface area contributed by atoms with Crippen molar-refractivity contribution in [3.8, 4) is 0 Å². The molecule has 0 aromatic heterocycles. The fourth-order valence-corrected chi connectivity index (χ4v) is 2.56. The lowest BCUT2D eigenvalue weighted by Crippen LogP contribution is -2.29. The Bertz CT molecular complexity index is 820. The summed E-state index contributed by atoms with van der Waals surface area (Å²) in [6.07, 6.45) is 1.33. The summed E-state index contributed by atoms with van der Waals surface area (Å²) in [6.45, 7) is 0. The van der Waals surface area contributed by atoms with E-state index in [2.05, 4.69) is 0 Å². The second-order valence-corrected chi connectivity index (χ2v) is 6.32. The number of rotatable bonds is 4. The molecule has 0 bridgehead atoms. The van der Waals surface area contributed by atoms with Crippen LogP contribution < -0.4 is 4.72 Å². The van der Waals surface area contributed by atoms with E-state index in [1.807, 2.05) is 0 Å². The average molecular weight is 340 g/mol. The molecule has 0 atom stereocenters. The molecule has 0 saturated carbocycles. The van der Waals surface area contributed by atoms with Crippen molar-refractivity contribution >= 4 is 33.6 Å². The Kier molecular flexibility index (Phi) is 4.95. The molecule has 2 rings (SSSR count). The van der Waals surface area contributed by atoms with Gasteiger partial charge in [0.1, 0.15) is 5.82 Å². The molecule has 2 aromatic carbocycles. The Morgan fingerprint density at radius 3 is 2.45 bits per heavy atom. The monoisotopic (exact) mass is 339 g/mol. The largest absolute Gasteiger partial charge is 0.268 e. The minimum atomic E-state index is -4.03. The minimum absolute atomic E-state index is 0.112. The topological polar surface area (TPSA) is 63.2 Å². The van der Waals surface area contributed by atoms with Crippen molar-refractivity contribution in [1.82, 2.24) is 4.72 Å². The molecule has 0 heterocycles. The zero-order valence-corrected chi connectivity index (χ0v) is 12.7. The first kappa shape index (κ1) is 16.2. The molecule has 0 saturated heterocycles. The number of sulfonamides is 1. The SMILES string of the molecule is O=C(NS(=O)(=O)/C=C/c1ccccc1)c1ccc(Cl)cc1F. The molecular formula is C15H11ClFNO3S. The predicted molar refractivity (Wildman–Crippen MR) is 83.3 cm³/mol. The fraction of sp³-hybridized carbons (Fsp3) is 0.